The third kappa shape index (κ3) is 3.06. The summed E-state index contributed by atoms with van der Waals surface area (Å²) in [7, 11) is -1.58. The molecule has 0 bridgehead atoms. The Hall–Kier alpha value is -1.54. The molecule has 1 N–H and O–H groups in total. The molecule has 1 fully saturated rings. The molecule has 0 saturated carbocycles. The van der Waals surface area contributed by atoms with Crippen LogP contribution in [0.2, 0.25) is 0 Å². The predicted molar refractivity (Wildman–Crippen MR) is 81.1 cm³/mol. The van der Waals surface area contributed by atoms with Crippen LogP contribution in [0.25, 0.3) is 10.9 Å². The Morgan fingerprint density at radius 1 is 1.10 bits per heavy atom. The molecule has 0 aliphatic carbocycles. The van der Waals surface area contributed by atoms with Gasteiger partial charge < -0.3 is 4.90 Å². The second-order valence-corrected chi connectivity index (χ2v) is 6.85. The fraction of sp³-hybridized carbons (Fsp3) is 0.357. The number of piperazine rings is 1. The second-order valence-electron chi connectivity index (χ2n) is 5.22. The molecule has 0 unspecified atom stereocenters. The fourth-order valence-corrected chi connectivity index (χ4v) is 3.71. The molecule has 1 aromatic carbocycles. The average molecular weight is 306 g/mol. The van der Waals surface area contributed by atoms with Gasteiger partial charge in [-0.25, -0.2) is 13.4 Å². The molecular weight excluding hydrogens is 288 g/mol. The van der Waals surface area contributed by atoms with E-state index in [-0.39, 0.29) is 4.90 Å². The first-order valence-corrected chi connectivity index (χ1v) is 8.34. The zero-order valence-electron chi connectivity index (χ0n) is 11.9. The van der Waals surface area contributed by atoms with E-state index in [2.05, 4.69) is 14.7 Å². The lowest BCUT2D eigenvalue weighted by Gasteiger charge is -2.32. The average Bonchev–Trinajstić information content (AvgIpc) is 2.49. The fourth-order valence-electron chi connectivity index (χ4n) is 2.41. The topological polar surface area (TPSA) is 65.5 Å². The molecular formula is C14H18N4O2S. The summed E-state index contributed by atoms with van der Waals surface area (Å²) in [6, 6.07) is 8.84. The van der Waals surface area contributed by atoms with E-state index in [1.165, 1.54) is 0 Å². The Balaban J connectivity index is 1.90. The number of hydrogen-bond donors (Lipinski definition) is 1. The SMILES string of the molecule is CN1CCN(NS(=O)(=O)c2cccc3cccnc23)CC1. The molecule has 1 saturated heterocycles. The van der Waals surface area contributed by atoms with Gasteiger partial charge in [0.15, 0.2) is 0 Å². The van der Waals surface area contributed by atoms with Crippen LogP contribution in [-0.2, 0) is 10.0 Å². The number of hydrazine groups is 1. The summed E-state index contributed by atoms with van der Waals surface area (Å²) in [6.07, 6.45) is 1.61. The number of fused-ring (bicyclic) bond motifs is 1. The molecule has 112 valence electrons. The molecule has 2 heterocycles. The zero-order valence-corrected chi connectivity index (χ0v) is 12.7. The van der Waals surface area contributed by atoms with Crippen molar-refractivity contribution in [2.24, 2.45) is 0 Å². The molecule has 1 aliphatic heterocycles. The van der Waals surface area contributed by atoms with Crippen molar-refractivity contribution in [3.05, 3.63) is 36.5 Å². The highest BCUT2D eigenvalue weighted by atomic mass is 32.2. The van der Waals surface area contributed by atoms with Crippen LogP contribution < -0.4 is 4.83 Å². The predicted octanol–water partition coefficient (Wildman–Crippen LogP) is 0.675. The smallest absolute Gasteiger partial charge is 0.255 e. The zero-order chi connectivity index (χ0) is 14.9. The number of benzene rings is 1. The largest absolute Gasteiger partial charge is 0.304 e. The molecule has 0 atom stereocenters. The van der Waals surface area contributed by atoms with E-state index in [0.29, 0.717) is 18.6 Å². The van der Waals surface area contributed by atoms with Gasteiger partial charge in [0, 0.05) is 37.8 Å². The van der Waals surface area contributed by atoms with Gasteiger partial charge in [-0.3, -0.25) is 4.98 Å². The summed E-state index contributed by atoms with van der Waals surface area (Å²) in [5.41, 5.74) is 0.502. The summed E-state index contributed by atoms with van der Waals surface area (Å²) in [6.45, 7) is 3.04. The first kappa shape index (κ1) is 14.4. The molecule has 1 aliphatic rings. The number of nitrogens with one attached hydrogen (secondary N) is 1. The highest BCUT2D eigenvalue weighted by Crippen LogP contribution is 2.20. The van der Waals surface area contributed by atoms with E-state index in [0.717, 1.165) is 18.5 Å². The molecule has 0 amide bonds. The number of aromatic nitrogens is 1. The van der Waals surface area contributed by atoms with Crippen LogP contribution in [0.3, 0.4) is 0 Å². The number of hydrogen-bond acceptors (Lipinski definition) is 5. The van der Waals surface area contributed by atoms with Crippen molar-refractivity contribution in [3.63, 3.8) is 0 Å². The Morgan fingerprint density at radius 3 is 2.57 bits per heavy atom. The summed E-state index contributed by atoms with van der Waals surface area (Å²) < 4.78 is 25.2. The molecule has 0 spiro atoms. The van der Waals surface area contributed by atoms with E-state index < -0.39 is 10.0 Å². The van der Waals surface area contributed by atoms with E-state index in [1.807, 2.05) is 19.2 Å². The Kier molecular flexibility index (Phi) is 3.90. The van der Waals surface area contributed by atoms with Crippen LogP contribution in [-0.4, -0.2) is 56.5 Å². The van der Waals surface area contributed by atoms with Gasteiger partial charge in [-0.15, -0.1) is 4.83 Å². The van der Waals surface area contributed by atoms with Crippen molar-refractivity contribution in [2.45, 2.75) is 4.90 Å². The number of rotatable bonds is 3. The third-order valence-corrected chi connectivity index (χ3v) is 5.04. The Morgan fingerprint density at radius 2 is 1.81 bits per heavy atom. The second kappa shape index (κ2) is 5.69. The van der Waals surface area contributed by atoms with Crippen LogP contribution in [0.1, 0.15) is 0 Å². The van der Waals surface area contributed by atoms with Gasteiger partial charge in [-0.2, -0.15) is 0 Å². The van der Waals surface area contributed by atoms with Crippen LogP contribution in [0, 0.1) is 0 Å². The minimum Gasteiger partial charge on any atom is -0.304 e. The first-order chi connectivity index (χ1) is 10.1. The molecule has 1 aromatic heterocycles. The van der Waals surface area contributed by atoms with E-state index in [1.54, 1.807) is 29.4 Å². The molecule has 3 rings (SSSR count). The van der Waals surface area contributed by atoms with Crippen molar-refractivity contribution >= 4 is 20.9 Å². The van der Waals surface area contributed by atoms with Crippen molar-refractivity contribution in [1.82, 2.24) is 19.7 Å². The molecule has 0 radical (unpaired) electrons. The quantitative estimate of drug-likeness (QED) is 0.903. The standard InChI is InChI=1S/C14H18N4O2S/c1-17-8-10-18(11-9-17)16-21(19,20)13-6-2-4-12-5-3-7-15-14(12)13/h2-7,16H,8-11H2,1H3. The summed E-state index contributed by atoms with van der Waals surface area (Å²) in [5.74, 6) is 0. The number of sulfonamides is 1. The lowest BCUT2D eigenvalue weighted by Crippen LogP contribution is -2.52. The third-order valence-electron chi connectivity index (χ3n) is 3.64. The Labute approximate surface area is 124 Å². The monoisotopic (exact) mass is 306 g/mol. The maximum atomic E-state index is 12.6. The molecule has 7 heteroatoms. The number of nitrogens with zero attached hydrogens (tertiary/aromatic N) is 3. The van der Waals surface area contributed by atoms with E-state index in [4.69, 9.17) is 0 Å². The summed E-state index contributed by atoms with van der Waals surface area (Å²) >= 11 is 0. The van der Waals surface area contributed by atoms with Gasteiger partial charge in [0.2, 0.25) is 0 Å². The lowest BCUT2D eigenvalue weighted by atomic mass is 10.2. The van der Waals surface area contributed by atoms with Crippen molar-refractivity contribution in [2.75, 3.05) is 33.2 Å². The first-order valence-electron chi connectivity index (χ1n) is 6.86. The van der Waals surface area contributed by atoms with Crippen LogP contribution in [0.15, 0.2) is 41.4 Å². The van der Waals surface area contributed by atoms with Gasteiger partial charge in [-0.1, -0.05) is 18.2 Å². The molecule has 2 aromatic rings. The number of pyridine rings is 1. The maximum absolute atomic E-state index is 12.6. The van der Waals surface area contributed by atoms with Crippen molar-refractivity contribution < 1.29 is 8.42 Å². The summed E-state index contributed by atoms with van der Waals surface area (Å²) in [5, 5.41) is 2.57. The maximum Gasteiger partial charge on any atom is 0.255 e. The van der Waals surface area contributed by atoms with Crippen molar-refractivity contribution in [3.8, 4) is 0 Å². The Bertz CT molecular complexity index is 734. The highest BCUT2D eigenvalue weighted by Gasteiger charge is 2.23. The van der Waals surface area contributed by atoms with Gasteiger partial charge in [-0.05, 0) is 19.2 Å². The molecule has 21 heavy (non-hydrogen) atoms. The van der Waals surface area contributed by atoms with Crippen LogP contribution in [0.5, 0.6) is 0 Å². The minimum absolute atomic E-state index is 0.222. The summed E-state index contributed by atoms with van der Waals surface area (Å²) in [4.78, 5) is 9.26. The van der Waals surface area contributed by atoms with Crippen LogP contribution >= 0.6 is 0 Å². The van der Waals surface area contributed by atoms with Gasteiger partial charge in [0.1, 0.15) is 4.90 Å². The van der Waals surface area contributed by atoms with Crippen molar-refractivity contribution in [1.29, 1.82) is 0 Å². The highest BCUT2D eigenvalue weighted by molar-refractivity contribution is 7.89. The lowest BCUT2D eigenvalue weighted by molar-refractivity contribution is 0.135. The van der Waals surface area contributed by atoms with E-state index >= 15 is 0 Å². The van der Waals surface area contributed by atoms with Gasteiger partial charge in [0.25, 0.3) is 10.0 Å². The minimum atomic E-state index is -3.61. The number of para-hydroxylation sites is 1. The van der Waals surface area contributed by atoms with Crippen LogP contribution in [0.4, 0.5) is 0 Å². The molecule has 6 nitrogen and oxygen atoms in total. The van der Waals surface area contributed by atoms with Gasteiger partial charge >= 0.3 is 0 Å². The van der Waals surface area contributed by atoms with E-state index in [9.17, 15) is 8.42 Å². The van der Waals surface area contributed by atoms with Gasteiger partial charge in [0.05, 0.1) is 5.52 Å². The number of likely N-dealkylation sites (N-methyl/N-ethyl adjacent to an activating group) is 1. The normalized spacial score (nSPS) is 18.1.